The fourth-order valence-electron chi connectivity index (χ4n) is 2.63. The fourth-order valence-corrected chi connectivity index (χ4v) is 3.08. The highest BCUT2D eigenvalue weighted by Crippen LogP contribution is 2.32. The number of halogens is 3. The Morgan fingerprint density at radius 1 is 1.07 bits per heavy atom. The molecule has 0 saturated heterocycles. The summed E-state index contributed by atoms with van der Waals surface area (Å²) < 4.78 is 34.6. The first-order valence-corrected chi connectivity index (χ1v) is 9.24. The number of nitrogens with two attached hydrogens (primary N) is 2. The van der Waals surface area contributed by atoms with Gasteiger partial charge in [-0.3, -0.25) is 4.79 Å². The lowest BCUT2D eigenvalue weighted by Gasteiger charge is -2.16. The van der Waals surface area contributed by atoms with Crippen LogP contribution in [0.2, 0.25) is 0 Å². The largest absolute Gasteiger partial charge is 0.488 e. The highest BCUT2D eigenvalue weighted by Gasteiger charge is 2.19. The van der Waals surface area contributed by atoms with Gasteiger partial charge in [0, 0.05) is 15.3 Å². The van der Waals surface area contributed by atoms with Gasteiger partial charge < -0.3 is 21.5 Å². The van der Waals surface area contributed by atoms with E-state index in [9.17, 15) is 13.6 Å². The Balaban J connectivity index is 1.95. The Hall–Kier alpha value is -2.88. The number of anilines is 3. The first kappa shape index (κ1) is 19.9. The van der Waals surface area contributed by atoms with E-state index in [4.69, 9.17) is 16.2 Å². The SMILES string of the molecule is NC(=O)c1c(Nc2ccc(I)cc2F)cc(F)cc1OCc1cccc(N)c1. The van der Waals surface area contributed by atoms with Gasteiger partial charge >= 0.3 is 0 Å². The number of hydrogen-bond donors (Lipinski definition) is 3. The number of carbonyl (C=O) groups is 1. The third-order valence-corrected chi connectivity index (χ3v) is 4.53. The fraction of sp³-hybridized carbons (Fsp3) is 0.0500. The van der Waals surface area contributed by atoms with E-state index in [1.165, 1.54) is 12.1 Å². The van der Waals surface area contributed by atoms with Gasteiger partial charge in [-0.25, -0.2) is 8.78 Å². The van der Waals surface area contributed by atoms with Crippen molar-refractivity contribution in [3.63, 3.8) is 0 Å². The molecule has 8 heteroatoms. The van der Waals surface area contributed by atoms with Crippen LogP contribution < -0.4 is 21.5 Å². The van der Waals surface area contributed by atoms with Crippen molar-refractivity contribution in [1.29, 1.82) is 0 Å². The van der Waals surface area contributed by atoms with Crippen molar-refractivity contribution < 1.29 is 18.3 Å². The van der Waals surface area contributed by atoms with E-state index in [0.29, 0.717) is 9.26 Å². The van der Waals surface area contributed by atoms with E-state index >= 15 is 0 Å². The molecule has 3 rings (SSSR count). The number of amides is 1. The van der Waals surface area contributed by atoms with Crippen LogP contribution in [-0.2, 0) is 6.61 Å². The van der Waals surface area contributed by atoms with E-state index in [-0.39, 0.29) is 29.3 Å². The van der Waals surface area contributed by atoms with Gasteiger partial charge in [0.15, 0.2) is 0 Å². The minimum Gasteiger partial charge on any atom is -0.488 e. The van der Waals surface area contributed by atoms with Gasteiger partial charge in [-0.15, -0.1) is 0 Å². The molecule has 0 aromatic heterocycles. The molecule has 0 spiro atoms. The second-order valence-electron chi connectivity index (χ2n) is 5.97. The van der Waals surface area contributed by atoms with Crippen molar-refractivity contribution in [1.82, 2.24) is 0 Å². The second-order valence-corrected chi connectivity index (χ2v) is 7.22. The van der Waals surface area contributed by atoms with Crippen molar-refractivity contribution in [2.45, 2.75) is 6.61 Å². The van der Waals surface area contributed by atoms with E-state index in [0.717, 1.165) is 17.7 Å². The number of ether oxygens (including phenoxy) is 1. The van der Waals surface area contributed by atoms with Gasteiger partial charge in [0.2, 0.25) is 0 Å². The topological polar surface area (TPSA) is 90.4 Å². The minimum absolute atomic E-state index is 0.00943. The monoisotopic (exact) mass is 495 g/mol. The molecule has 0 unspecified atom stereocenters. The first-order valence-electron chi connectivity index (χ1n) is 8.16. The summed E-state index contributed by atoms with van der Waals surface area (Å²) in [5.74, 6) is -2.10. The maximum Gasteiger partial charge on any atom is 0.254 e. The zero-order chi connectivity index (χ0) is 20.3. The van der Waals surface area contributed by atoms with E-state index in [2.05, 4.69) is 5.32 Å². The summed E-state index contributed by atoms with van der Waals surface area (Å²) in [7, 11) is 0. The van der Waals surface area contributed by atoms with Crippen molar-refractivity contribution in [3.8, 4) is 5.75 Å². The molecule has 1 amide bonds. The number of hydrogen-bond acceptors (Lipinski definition) is 4. The standard InChI is InChI=1S/C20H16F2IN3O2/c21-12-7-17(26-16-5-4-13(23)9-15(16)22)19(20(25)27)18(8-12)28-10-11-2-1-3-14(24)6-11/h1-9,26H,10,24H2,(H2,25,27). The molecular weight excluding hydrogens is 479 g/mol. The molecular formula is C20H16F2IN3O2. The maximum absolute atomic E-state index is 14.2. The molecule has 3 aromatic carbocycles. The number of rotatable bonds is 6. The summed E-state index contributed by atoms with van der Waals surface area (Å²) in [4.78, 5) is 12.0. The zero-order valence-corrected chi connectivity index (χ0v) is 16.7. The molecule has 0 saturated carbocycles. The lowest BCUT2D eigenvalue weighted by Crippen LogP contribution is -2.16. The average molecular weight is 495 g/mol. The van der Waals surface area contributed by atoms with Crippen LogP contribution in [0.15, 0.2) is 54.6 Å². The molecule has 0 bridgehead atoms. The van der Waals surface area contributed by atoms with Crippen LogP contribution in [0.1, 0.15) is 15.9 Å². The molecule has 0 aliphatic rings. The smallest absolute Gasteiger partial charge is 0.254 e. The number of benzene rings is 3. The lowest BCUT2D eigenvalue weighted by molar-refractivity contribution is 0.0996. The maximum atomic E-state index is 14.2. The van der Waals surface area contributed by atoms with E-state index in [1.54, 1.807) is 30.3 Å². The van der Waals surface area contributed by atoms with Gasteiger partial charge in [0.1, 0.15) is 29.6 Å². The summed E-state index contributed by atoms with van der Waals surface area (Å²) >= 11 is 1.97. The summed E-state index contributed by atoms with van der Waals surface area (Å²) in [5.41, 5.74) is 12.5. The third-order valence-electron chi connectivity index (χ3n) is 3.86. The molecule has 144 valence electrons. The predicted molar refractivity (Wildman–Crippen MR) is 113 cm³/mol. The highest BCUT2D eigenvalue weighted by molar-refractivity contribution is 14.1. The molecule has 5 nitrogen and oxygen atoms in total. The summed E-state index contributed by atoms with van der Waals surface area (Å²) in [5, 5.41) is 2.72. The van der Waals surface area contributed by atoms with Crippen molar-refractivity contribution >= 4 is 45.6 Å². The Morgan fingerprint density at radius 3 is 2.54 bits per heavy atom. The average Bonchev–Trinajstić information content (AvgIpc) is 2.62. The van der Waals surface area contributed by atoms with Gasteiger partial charge in [0.05, 0.1) is 11.4 Å². The first-order chi connectivity index (χ1) is 13.3. The predicted octanol–water partition coefficient (Wildman–Crippen LogP) is 4.57. The Labute approximate surface area is 173 Å². The van der Waals surface area contributed by atoms with Crippen molar-refractivity contribution in [2.75, 3.05) is 11.1 Å². The van der Waals surface area contributed by atoms with Gasteiger partial charge in [0.25, 0.3) is 5.91 Å². The van der Waals surface area contributed by atoms with Gasteiger partial charge in [-0.05, 0) is 64.6 Å². The number of primary amides is 1. The molecule has 0 atom stereocenters. The van der Waals surface area contributed by atoms with Gasteiger partial charge in [-0.2, -0.15) is 0 Å². The van der Waals surface area contributed by atoms with Crippen LogP contribution in [0.3, 0.4) is 0 Å². The van der Waals surface area contributed by atoms with Crippen molar-refractivity contribution in [3.05, 3.63) is 80.9 Å². The quantitative estimate of drug-likeness (QED) is 0.345. The van der Waals surface area contributed by atoms with Crippen LogP contribution in [0.25, 0.3) is 0 Å². The Morgan fingerprint density at radius 2 is 1.86 bits per heavy atom. The van der Waals surface area contributed by atoms with Crippen LogP contribution >= 0.6 is 22.6 Å². The Bertz CT molecular complexity index is 1040. The zero-order valence-electron chi connectivity index (χ0n) is 14.5. The molecule has 0 radical (unpaired) electrons. The number of carbonyl (C=O) groups excluding carboxylic acids is 1. The van der Waals surface area contributed by atoms with E-state index < -0.39 is 17.5 Å². The van der Waals surface area contributed by atoms with Crippen LogP contribution in [0, 0.1) is 15.2 Å². The summed E-state index contributed by atoms with van der Waals surface area (Å²) in [6, 6.07) is 13.5. The molecule has 0 heterocycles. The third kappa shape index (κ3) is 4.69. The van der Waals surface area contributed by atoms with Gasteiger partial charge in [-0.1, -0.05) is 12.1 Å². The molecule has 0 aliphatic heterocycles. The number of nitrogens with one attached hydrogen (secondary N) is 1. The minimum atomic E-state index is -0.837. The van der Waals surface area contributed by atoms with Crippen LogP contribution in [0.5, 0.6) is 5.75 Å². The summed E-state index contributed by atoms with van der Waals surface area (Å²) in [6.45, 7) is 0.0477. The molecule has 0 fully saturated rings. The molecule has 5 N–H and O–H groups in total. The Kier molecular flexibility index (Phi) is 5.98. The lowest BCUT2D eigenvalue weighted by atomic mass is 10.1. The second kappa shape index (κ2) is 8.42. The number of nitrogen functional groups attached to an aromatic ring is 1. The van der Waals surface area contributed by atoms with Crippen LogP contribution in [-0.4, -0.2) is 5.91 Å². The highest BCUT2D eigenvalue weighted by atomic mass is 127. The molecule has 3 aromatic rings. The summed E-state index contributed by atoms with van der Waals surface area (Å²) in [6.07, 6.45) is 0. The van der Waals surface area contributed by atoms with Crippen LogP contribution in [0.4, 0.5) is 25.8 Å². The van der Waals surface area contributed by atoms with Crippen molar-refractivity contribution in [2.24, 2.45) is 5.73 Å². The van der Waals surface area contributed by atoms with E-state index in [1.807, 2.05) is 22.6 Å². The molecule has 0 aliphatic carbocycles. The molecule has 28 heavy (non-hydrogen) atoms. The normalized spacial score (nSPS) is 10.5.